The summed E-state index contributed by atoms with van der Waals surface area (Å²) in [6, 6.07) is 2.12. The van der Waals surface area contributed by atoms with Gasteiger partial charge in [0, 0.05) is 17.3 Å². The molecule has 0 fully saturated rings. The number of aryl methyl sites for hydroxylation is 2. The van der Waals surface area contributed by atoms with Gasteiger partial charge in [0.1, 0.15) is 0 Å². The van der Waals surface area contributed by atoms with Gasteiger partial charge in [0.2, 0.25) is 5.95 Å². The Kier molecular flexibility index (Phi) is 2.97. The zero-order chi connectivity index (χ0) is 10.7. The Labute approximate surface area is 93.2 Å². The van der Waals surface area contributed by atoms with E-state index in [0.29, 0.717) is 5.95 Å². The van der Waals surface area contributed by atoms with Gasteiger partial charge in [-0.2, -0.15) is 0 Å². The fourth-order valence-electron chi connectivity index (χ4n) is 1.23. The molecule has 0 atom stereocenters. The van der Waals surface area contributed by atoms with Gasteiger partial charge in [-0.1, -0.05) is 0 Å². The Balaban J connectivity index is 1.99. The van der Waals surface area contributed by atoms with Gasteiger partial charge < -0.3 is 5.32 Å². The summed E-state index contributed by atoms with van der Waals surface area (Å²) < 4.78 is 0. The van der Waals surface area contributed by atoms with Crippen molar-refractivity contribution < 1.29 is 0 Å². The van der Waals surface area contributed by atoms with Gasteiger partial charge in [0.25, 0.3) is 0 Å². The number of aromatic nitrogens is 2. The molecular formula is C11H13N3S. The monoisotopic (exact) mass is 219 g/mol. The van der Waals surface area contributed by atoms with Gasteiger partial charge in [-0.05, 0) is 36.4 Å². The molecule has 1 N–H and O–H groups in total. The smallest absolute Gasteiger partial charge is 0.222 e. The highest BCUT2D eigenvalue weighted by Gasteiger charge is 2.00. The fourth-order valence-corrected chi connectivity index (χ4v) is 2.07. The highest BCUT2D eigenvalue weighted by molar-refractivity contribution is 7.10. The van der Waals surface area contributed by atoms with Crippen molar-refractivity contribution in [2.45, 2.75) is 20.4 Å². The van der Waals surface area contributed by atoms with Crippen LogP contribution in [0.15, 0.2) is 23.8 Å². The second-order valence-corrected chi connectivity index (χ2v) is 4.47. The lowest BCUT2D eigenvalue weighted by Crippen LogP contribution is -2.02. The van der Waals surface area contributed by atoms with Crippen LogP contribution in [0.3, 0.4) is 0 Å². The molecule has 15 heavy (non-hydrogen) atoms. The summed E-state index contributed by atoms with van der Waals surface area (Å²) in [7, 11) is 0. The molecule has 0 aliphatic heterocycles. The number of anilines is 1. The number of hydrogen-bond donors (Lipinski definition) is 1. The summed E-state index contributed by atoms with van der Waals surface area (Å²) >= 11 is 1.75. The van der Waals surface area contributed by atoms with E-state index in [4.69, 9.17) is 0 Å². The van der Waals surface area contributed by atoms with E-state index >= 15 is 0 Å². The maximum Gasteiger partial charge on any atom is 0.222 e. The van der Waals surface area contributed by atoms with Crippen LogP contribution in [-0.4, -0.2) is 9.97 Å². The van der Waals surface area contributed by atoms with E-state index in [9.17, 15) is 0 Å². The molecule has 0 saturated heterocycles. The van der Waals surface area contributed by atoms with Crippen LogP contribution >= 0.6 is 11.3 Å². The molecule has 2 aromatic heterocycles. The van der Waals surface area contributed by atoms with Crippen LogP contribution in [0.2, 0.25) is 0 Å². The Morgan fingerprint density at radius 2 is 2.00 bits per heavy atom. The predicted octanol–water partition coefficient (Wildman–Crippen LogP) is 2.77. The van der Waals surface area contributed by atoms with E-state index in [0.717, 1.165) is 12.1 Å². The van der Waals surface area contributed by atoms with Crippen molar-refractivity contribution in [1.29, 1.82) is 0 Å². The lowest BCUT2D eigenvalue weighted by Gasteiger charge is -2.03. The molecule has 0 saturated carbocycles. The molecule has 0 bridgehead atoms. The molecule has 0 aromatic carbocycles. The first-order chi connectivity index (χ1) is 7.25. The zero-order valence-corrected chi connectivity index (χ0v) is 9.64. The molecule has 0 amide bonds. The number of nitrogens with one attached hydrogen (secondary N) is 1. The number of rotatable bonds is 3. The van der Waals surface area contributed by atoms with Crippen LogP contribution in [0.4, 0.5) is 5.95 Å². The van der Waals surface area contributed by atoms with Gasteiger partial charge in [-0.25, -0.2) is 9.97 Å². The average Bonchev–Trinajstić information content (AvgIpc) is 2.63. The Morgan fingerprint density at radius 3 is 2.60 bits per heavy atom. The van der Waals surface area contributed by atoms with Crippen LogP contribution in [-0.2, 0) is 6.54 Å². The summed E-state index contributed by atoms with van der Waals surface area (Å²) in [5, 5.41) is 5.30. The lowest BCUT2D eigenvalue weighted by atomic mass is 10.3. The molecule has 0 spiro atoms. The van der Waals surface area contributed by atoms with Gasteiger partial charge in [-0.3, -0.25) is 0 Å². The van der Waals surface area contributed by atoms with Gasteiger partial charge >= 0.3 is 0 Å². The second-order valence-electron chi connectivity index (χ2n) is 3.46. The molecule has 0 radical (unpaired) electrons. The number of thiophene rings is 1. The first-order valence-electron chi connectivity index (χ1n) is 4.81. The number of hydrogen-bond acceptors (Lipinski definition) is 4. The van der Waals surface area contributed by atoms with E-state index in [-0.39, 0.29) is 0 Å². The van der Waals surface area contributed by atoms with Crippen LogP contribution < -0.4 is 5.32 Å². The van der Waals surface area contributed by atoms with Crippen LogP contribution in [0.5, 0.6) is 0 Å². The largest absolute Gasteiger partial charge is 0.349 e. The van der Waals surface area contributed by atoms with Gasteiger partial charge in [-0.15, -0.1) is 11.3 Å². The Morgan fingerprint density at radius 1 is 1.27 bits per heavy atom. The summed E-state index contributed by atoms with van der Waals surface area (Å²) in [5.74, 6) is 0.688. The van der Waals surface area contributed by atoms with E-state index in [1.54, 1.807) is 11.3 Å². The minimum atomic E-state index is 0.688. The first kappa shape index (κ1) is 10.1. The van der Waals surface area contributed by atoms with Crippen molar-refractivity contribution in [3.05, 3.63) is 39.8 Å². The van der Waals surface area contributed by atoms with E-state index in [1.165, 1.54) is 10.4 Å². The molecule has 78 valence electrons. The molecule has 2 aromatic rings. The van der Waals surface area contributed by atoms with E-state index in [1.807, 2.05) is 19.3 Å². The summed E-state index contributed by atoms with van der Waals surface area (Å²) in [6.45, 7) is 4.89. The predicted molar refractivity (Wildman–Crippen MR) is 63.2 cm³/mol. The zero-order valence-electron chi connectivity index (χ0n) is 8.82. The molecule has 2 heterocycles. The Bertz CT molecular complexity index is 433. The summed E-state index contributed by atoms with van der Waals surface area (Å²) in [4.78, 5) is 9.71. The average molecular weight is 219 g/mol. The van der Waals surface area contributed by atoms with Crippen molar-refractivity contribution >= 4 is 17.3 Å². The molecular weight excluding hydrogens is 206 g/mol. The number of nitrogens with zero attached hydrogens (tertiary/aromatic N) is 2. The Hall–Kier alpha value is -1.42. The summed E-state index contributed by atoms with van der Waals surface area (Å²) in [5.41, 5.74) is 2.40. The molecule has 2 rings (SSSR count). The highest BCUT2D eigenvalue weighted by atomic mass is 32.1. The minimum absolute atomic E-state index is 0.688. The molecule has 0 aliphatic carbocycles. The SMILES string of the molecule is Cc1cnc(NCc2sccc2C)nc1. The molecule has 0 unspecified atom stereocenters. The fraction of sp³-hybridized carbons (Fsp3) is 0.273. The van der Waals surface area contributed by atoms with Crippen LogP contribution in [0.25, 0.3) is 0 Å². The van der Waals surface area contributed by atoms with E-state index in [2.05, 4.69) is 33.7 Å². The van der Waals surface area contributed by atoms with Crippen molar-refractivity contribution in [2.75, 3.05) is 5.32 Å². The standard InChI is InChI=1S/C11H13N3S/c1-8-5-12-11(13-6-8)14-7-10-9(2)3-4-15-10/h3-6H,7H2,1-2H3,(H,12,13,14). The molecule has 4 heteroatoms. The van der Waals surface area contributed by atoms with Crippen LogP contribution in [0, 0.1) is 13.8 Å². The van der Waals surface area contributed by atoms with Crippen molar-refractivity contribution in [2.24, 2.45) is 0 Å². The maximum absolute atomic E-state index is 4.19. The lowest BCUT2D eigenvalue weighted by molar-refractivity contribution is 1.05. The minimum Gasteiger partial charge on any atom is -0.349 e. The summed E-state index contributed by atoms with van der Waals surface area (Å²) in [6.07, 6.45) is 3.63. The first-order valence-corrected chi connectivity index (χ1v) is 5.69. The normalized spacial score (nSPS) is 10.3. The quantitative estimate of drug-likeness (QED) is 0.862. The topological polar surface area (TPSA) is 37.8 Å². The van der Waals surface area contributed by atoms with Crippen molar-refractivity contribution in [1.82, 2.24) is 9.97 Å². The third kappa shape index (κ3) is 2.53. The van der Waals surface area contributed by atoms with E-state index < -0.39 is 0 Å². The third-order valence-corrected chi connectivity index (χ3v) is 3.18. The van der Waals surface area contributed by atoms with Crippen molar-refractivity contribution in [3.8, 4) is 0 Å². The maximum atomic E-state index is 4.19. The third-order valence-electron chi connectivity index (χ3n) is 2.16. The van der Waals surface area contributed by atoms with Crippen LogP contribution in [0.1, 0.15) is 16.0 Å². The highest BCUT2D eigenvalue weighted by Crippen LogP contribution is 2.16. The van der Waals surface area contributed by atoms with Crippen molar-refractivity contribution in [3.63, 3.8) is 0 Å². The van der Waals surface area contributed by atoms with Gasteiger partial charge in [0.05, 0.1) is 6.54 Å². The second kappa shape index (κ2) is 4.40. The van der Waals surface area contributed by atoms with Gasteiger partial charge in [0.15, 0.2) is 0 Å². The molecule has 0 aliphatic rings. The molecule has 3 nitrogen and oxygen atoms in total.